The first-order chi connectivity index (χ1) is 5.70. The van der Waals surface area contributed by atoms with Gasteiger partial charge in [-0.15, -0.1) is 11.3 Å². The summed E-state index contributed by atoms with van der Waals surface area (Å²) in [6.07, 6.45) is 0. The van der Waals surface area contributed by atoms with Crippen molar-refractivity contribution >= 4 is 27.4 Å². The van der Waals surface area contributed by atoms with Gasteiger partial charge in [0.2, 0.25) is 0 Å². The van der Waals surface area contributed by atoms with E-state index in [4.69, 9.17) is 5.73 Å². The number of fused-ring (bicyclic) bond motifs is 1. The van der Waals surface area contributed by atoms with Gasteiger partial charge in [0.15, 0.2) is 0 Å². The van der Waals surface area contributed by atoms with Crippen molar-refractivity contribution in [2.45, 2.75) is 13.8 Å². The van der Waals surface area contributed by atoms with E-state index in [1.54, 1.807) is 11.3 Å². The third-order valence-electron chi connectivity index (χ3n) is 1.92. The number of aryl methyl sites for hydroxylation is 2. The Morgan fingerprint density at radius 1 is 1.42 bits per heavy atom. The molecule has 2 rings (SSSR count). The quantitative estimate of drug-likeness (QED) is 0.672. The van der Waals surface area contributed by atoms with Gasteiger partial charge in [-0.2, -0.15) is 0 Å². The van der Waals surface area contributed by atoms with Crippen LogP contribution in [0.25, 0.3) is 10.2 Å². The van der Waals surface area contributed by atoms with Crippen molar-refractivity contribution in [3.05, 3.63) is 16.8 Å². The van der Waals surface area contributed by atoms with Gasteiger partial charge in [0.1, 0.15) is 11.3 Å². The lowest BCUT2D eigenvalue weighted by Gasteiger charge is -2.01. The van der Waals surface area contributed by atoms with E-state index in [1.807, 2.05) is 19.4 Å². The van der Waals surface area contributed by atoms with Crippen molar-refractivity contribution < 1.29 is 0 Å². The molecule has 12 heavy (non-hydrogen) atoms. The summed E-state index contributed by atoms with van der Waals surface area (Å²) in [4.78, 5) is 8.42. The first-order valence-electron chi connectivity index (χ1n) is 3.66. The number of thiazole rings is 1. The van der Waals surface area contributed by atoms with Crippen molar-refractivity contribution in [2.24, 2.45) is 0 Å². The van der Waals surface area contributed by atoms with Gasteiger partial charge in [-0.25, -0.2) is 9.97 Å². The molecule has 0 aliphatic heterocycles. The lowest BCUT2D eigenvalue weighted by molar-refractivity contribution is 1.21. The first kappa shape index (κ1) is 7.49. The molecule has 0 bridgehead atoms. The highest BCUT2D eigenvalue weighted by atomic mass is 32.1. The van der Waals surface area contributed by atoms with Crippen LogP contribution in [0.15, 0.2) is 5.51 Å². The van der Waals surface area contributed by atoms with Crippen LogP contribution in [0, 0.1) is 13.8 Å². The van der Waals surface area contributed by atoms with E-state index in [0.717, 1.165) is 21.5 Å². The van der Waals surface area contributed by atoms with E-state index in [2.05, 4.69) is 9.97 Å². The van der Waals surface area contributed by atoms with Crippen LogP contribution in [0.3, 0.4) is 0 Å². The van der Waals surface area contributed by atoms with E-state index < -0.39 is 0 Å². The molecular weight excluding hydrogens is 170 g/mol. The van der Waals surface area contributed by atoms with Crippen molar-refractivity contribution in [2.75, 3.05) is 5.73 Å². The molecule has 0 fully saturated rings. The highest BCUT2D eigenvalue weighted by Gasteiger charge is 2.07. The fourth-order valence-corrected chi connectivity index (χ4v) is 2.06. The van der Waals surface area contributed by atoms with Crippen LogP contribution in [0.2, 0.25) is 0 Å². The molecule has 2 aromatic rings. The van der Waals surface area contributed by atoms with Crippen LogP contribution < -0.4 is 5.73 Å². The molecule has 62 valence electrons. The van der Waals surface area contributed by atoms with E-state index in [1.165, 1.54) is 0 Å². The number of hydrogen-bond acceptors (Lipinski definition) is 4. The number of aromatic nitrogens is 2. The number of nitrogens with two attached hydrogens (primary N) is 1. The lowest BCUT2D eigenvalue weighted by Crippen LogP contribution is -1.96. The number of hydrogen-bond donors (Lipinski definition) is 1. The Bertz CT molecular complexity index is 433. The minimum absolute atomic E-state index is 0.615. The van der Waals surface area contributed by atoms with Crippen LogP contribution >= 0.6 is 11.3 Å². The minimum atomic E-state index is 0.615. The summed E-state index contributed by atoms with van der Waals surface area (Å²) >= 11 is 1.61. The van der Waals surface area contributed by atoms with Gasteiger partial charge in [0.05, 0.1) is 15.9 Å². The Hall–Kier alpha value is -1.16. The Morgan fingerprint density at radius 3 is 2.92 bits per heavy atom. The van der Waals surface area contributed by atoms with E-state index in [9.17, 15) is 0 Å². The topological polar surface area (TPSA) is 51.8 Å². The largest absolute Gasteiger partial charge is 0.383 e. The van der Waals surface area contributed by atoms with Crippen LogP contribution in [0.5, 0.6) is 0 Å². The number of nitrogens with zero attached hydrogens (tertiary/aromatic N) is 2. The van der Waals surface area contributed by atoms with Crippen molar-refractivity contribution in [3.63, 3.8) is 0 Å². The van der Waals surface area contributed by atoms with Crippen molar-refractivity contribution in [3.8, 4) is 0 Å². The zero-order valence-corrected chi connectivity index (χ0v) is 7.77. The van der Waals surface area contributed by atoms with Crippen LogP contribution in [0.1, 0.15) is 11.3 Å². The fraction of sp³-hybridized carbons (Fsp3) is 0.250. The lowest BCUT2D eigenvalue weighted by atomic mass is 10.2. The number of nitrogen functional groups attached to an aromatic ring is 1. The second kappa shape index (κ2) is 2.42. The summed E-state index contributed by atoms with van der Waals surface area (Å²) in [5.41, 5.74) is 10.5. The third kappa shape index (κ3) is 0.881. The molecule has 0 amide bonds. The maximum Gasteiger partial charge on any atom is 0.128 e. The molecule has 2 aromatic heterocycles. The zero-order chi connectivity index (χ0) is 8.72. The van der Waals surface area contributed by atoms with Gasteiger partial charge in [0.25, 0.3) is 0 Å². The average Bonchev–Trinajstić information content (AvgIpc) is 2.48. The number of pyridine rings is 1. The average molecular weight is 179 g/mol. The van der Waals surface area contributed by atoms with E-state index in [0.29, 0.717) is 5.82 Å². The van der Waals surface area contributed by atoms with Gasteiger partial charge in [-0.1, -0.05) is 0 Å². The van der Waals surface area contributed by atoms with Gasteiger partial charge in [-0.05, 0) is 13.8 Å². The van der Waals surface area contributed by atoms with E-state index in [-0.39, 0.29) is 0 Å². The van der Waals surface area contributed by atoms with Gasteiger partial charge < -0.3 is 5.73 Å². The molecule has 0 radical (unpaired) electrons. The van der Waals surface area contributed by atoms with Crippen molar-refractivity contribution in [1.82, 2.24) is 9.97 Å². The summed E-state index contributed by atoms with van der Waals surface area (Å²) in [5.74, 6) is 0.615. The molecule has 0 saturated heterocycles. The minimum Gasteiger partial charge on any atom is -0.383 e. The molecular formula is C8H9N3S. The molecule has 0 unspecified atom stereocenters. The Balaban J connectivity index is 2.97. The molecule has 2 N–H and O–H groups in total. The molecule has 4 heteroatoms. The van der Waals surface area contributed by atoms with Crippen LogP contribution in [-0.4, -0.2) is 9.97 Å². The maximum absolute atomic E-state index is 5.71. The predicted octanol–water partition coefficient (Wildman–Crippen LogP) is 1.89. The van der Waals surface area contributed by atoms with Gasteiger partial charge in [-0.3, -0.25) is 0 Å². The summed E-state index contributed by atoms with van der Waals surface area (Å²) in [6.45, 7) is 3.90. The SMILES string of the molecule is Cc1nc(N)c(C)c2scnc12. The molecule has 0 aliphatic rings. The van der Waals surface area contributed by atoms with Crippen LogP contribution in [0.4, 0.5) is 5.82 Å². The van der Waals surface area contributed by atoms with Crippen LogP contribution in [-0.2, 0) is 0 Å². The summed E-state index contributed by atoms with van der Waals surface area (Å²) in [5, 5.41) is 0. The second-order valence-electron chi connectivity index (χ2n) is 2.74. The van der Waals surface area contributed by atoms with Gasteiger partial charge >= 0.3 is 0 Å². The Morgan fingerprint density at radius 2 is 2.17 bits per heavy atom. The third-order valence-corrected chi connectivity index (χ3v) is 2.87. The van der Waals surface area contributed by atoms with Gasteiger partial charge in [0, 0.05) is 5.56 Å². The number of anilines is 1. The molecule has 0 aromatic carbocycles. The summed E-state index contributed by atoms with van der Waals surface area (Å²) in [6, 6.07) is 0. The Labute approximate surface area is 74.3 Å². The summed E-state index contributed by atoms with van der Waals surface area (Å²) in [7, 11) is 0. The second-order valence-corrected chi connectivity index (χ2v) is 3.59. The maximum atomic E-state index is 5.71. The highest BCUT2D eigenvalue weighted by molar-refractivity contribution is 7.17. The standard InChI is InChI=1S/C8H9N3S/c1-4-7-6(10-3-12-7)5(2)11-8(4)9/h3H,1-2H3,(H2,9,11). The molecule has 0 aliphatic carbocycles. The highest BCUT2D eigenvalue weighted by Crippen LogP contribution is 2.26. The molecule has 0 atom stereocenters. The summed E-state index contributed by atoms with van der Waals surface area (Å²) < 4.78 is 1.15. The molecule has 2 heterocycles. The molecule has 0 spiro atoms. The predicted molar refractivity (Wildman–Crippen MR) is 51.3 cm³/mol. The normalized spacial score (nSPS) is 10.8. The first-order valence-corrected chi connectivity index (χ1v) is 4.54. The monoisotopic (exact) mass is 179 g/mol. The molecule has 0 saturated carbocycles. The van der Waals surface area contributed by atoms with Crippen molar-refractivity contribution in [1.29, 1.82) is 0 Å². The Kier molecular flexibility index (Phi) is 1.51. The number of rotatable bonds is 0. The smallest absolute Gasteiger partial charge is 0.128 e. The zero-order valence-electron chi connectivity index (χ0n) is 6.96. The molecule has 3 nitrogen and oxygen atoms in total. The van der Waals surface area contributed by atoms with E-state index >= 15 is 0 Å². The fourth-order valence-electron chi connectivity index (χ4n) is 1.20.